The minimum absolute atomic E-state index is 0.0466. The van der Waals surface area contributed by atoms with E-state index in [1.807, 2.05) is 52.0 Å². The van der Waals surface area contributed by atoms with Crippen LogP contribution in [0.5, 0.6) is 11.5 Å². The van der Waals surface area contributed by atoms with Gasteiger partial charge in [-0.3, -0.25) is 4.79 Å². The van der Waals surface area contributed by atoms with Crippen molar-refractivity contribution in [2.24, 2.45) is 0 Å². The molecule has 2 aromatic carbocycles. The lowest BCUT2D eigenvalue weighted by atomic mass is 10.0. The van der Waals surface area contributed by atoms with Gasteiger partial charge in [0.1, 0.15) is 17.1 Å². The zero-order chi connectivity index (χ0) is 25.4. The van der Waals surface area contributed by atoms with E-state index in [1.165, 1.54) is 6.08 Å². The second kappa shape index (κ2) is 9.59. The van der Waals surface area contributed by atoms with Crippen LogP contribution in [0.25, 0.3) is 22.1 Å². The average Bonchev–Trinajstić information content (AvgIpc) is 3.37. The Morgan fingerprint density at radius 1 is 1.14 bits per heavy atom. The minimum Gasteiger partial charge on any atom is -0.457 e. The molecule has 0 bridgehead atoms. The summed E-state index contributed by atoms with van der Waals surface area (Å²) < 4.78 is 7.86. The van der Waals surface area contributed by atoms with Gasteiger partial charge in [-0.2, -0.15) is 5.10 Å². The number of carbonyl (C=O) groups excluding carboxylic acids is 1. The van der Waals surface area contributed by atoms with Gasteiger partial charge < -0.3 is 19.9 Å². The molecule has 186 valence electrons. The summed E-state index contributed by atoms with van der Waals surface area (Å²) in [5.41, 5.74) is 2.17. The Hall–Kier alpha value is -4.37. The number of likely N-dealkylation sites (tertiary alicyclic amines) is 1. The Balaban J connectivity index is 1.33. The van der Waals surface area contributed by atoms with Crippen LogP contribution in [0.2, 0.25) is 5.02 Å². The number of aromatic nitrogens is 5. The van der Waals surface area contributed by atoms with E-state index in [4.69, 9.17) is 21.4 Å². The van der Waals surface area contributed by atoms with Crippen LogP contribution in [0.4, 0.5) is 11.5 Å². The molecule has 1 saturated heterocycles. The van der Waals surface area contributed by atoms with E-state index < -0.39 is 0 Å². The van der Waals surface area contributed by atoms with Gasteiger partial charge in [-0.25, -0.2) is 14.6 Å². The number of aromatic amines is 1. The molecule has 0 spiro atoms. The van der Waals surface area contributed by atoms with E-state index >= 15 is 0 Å². The molecule has 3 aromatic heterocycles. The summed E-state index contributed by atoms with van der Waals surface area (Å²) in [6.07, 6.45) is 6.29. The van der Waals surface area contributed by atoms with Gasteiger partial charge in [-0.15, -0.1) is 0 Å². The third-order valence-corrected chi connectivity index (χ3v) is 6.90. The van der Waals surface area contributed by atoms with Crippen LogP contribution >= 0.6 is 11.6 Å². The van der Waals surface area contributed by atoms with Gasteiger partial charge in [0, 0.05) is 25.4 Å². The number of piperidine rings is 1. The number of carbonyl (C=O) groups is 1. The number of H-pyrrole nitrogens is 1. The molecule has 1 aliphatic heterocycles. The Bertz CT molecular complexity index is 1600. The molecule has 10 heteroatoms. The monoisotopic (exact) mass is 513 g/mol. The lowest BCUT2D eigenvalue weighted by Crippen LogP contribution is -2.38. The number of rotatable bonds is 6. The molecule has 0 atom stereocenters. The maximum atomic E-state index is 12.1. The largest absolute Gasteiger partial charge is 0.457 e. The normalized spacial score (nSPS) is 14.2. The molecule has 6 rings (SSSR count). The lowest BCUT2D eigenvalue weighted by Gasteiger charge is -2.32. The van der Waals surface area contributed by atoms with E-state index in [2.05, 4.69) is 26.8 Å². The van der Waals surface area contributed by atoms with E-state index in [9.17, 15) is 4.79 Å². The van der Waals surface area contributed by atoms with Crippen molar-refractivity contribution < 1.29 is 9.53 Å². The van der Waals surface area contributed by atoms with Gasteiger partial charge >= 0.3 is 0 Å². The van der Waals surface area contributed by atoms with E-state index in [0.29, 0.717) is 35.4 Å². The van der Waals surface area contributed by atoms with Crippen LogP contribution in [-0.4, -0.2) is 48.6 Å². The van der Waals surface area contributed by atoms with Crippen molar-refractivity contribution in [3.05, 3.63) is 78.7 Å². The predicted molar refractivity (Wildman–Crippen MR) is 143 cm³/mol. The van der Waals surface area contributed by atoms with Gasteiger partial charge in [-0.1, -0.05) is 36.4 Å². The van der Waals surface area contributed by atoms with Gasteiger partial charge in [0.15, 0.2) is 11.5 Å². The summed E-state index contributed by atoms with van der Waals surface area (Å²) in [5, 5.41) is 10.6. The topological polar surface area (TPSA) is 101 Å². The van der Waals surface area contributed by atoms with Crippen LogP contribution in [0, 0.1) is 0 Å². The molecule has 0 aliphatic carbocycles. The molecule has 5 aromatic rings. The number of para-hydroxylation sites is 1. The summed E-state index contributed by atoms with van der Waals surface area (Å²) in [6.45, 7) is 4.87. The Kier molecular flexibility index (Phi) is 5.97. The molecule has 1 aliphatic rings. The number of nitrogens with zero attached hydrogens (tertiary/aromatic N) is 5. The van der Waals surface area contributed by atoms with Crippen molar-refractivity contribution in [1.82, 2.24) is 29.6 Å². The Labute approximate surface area is 217 Å². The van der Waals surface area contributed by atoms with Crippen LogP contribution in [0.3, 0.4) is 0 Å². The van der Waals surface area contributed by atoms with Gasteiger partial charge in [0.2, 0.25) is 5.91 Å². The standard InChI is InChI=1S/C27H24ClN7O2/c1-2-23(36)34-12-10-17(11-13-34)35-27-24-20(15-29-26(24)30-16-31-27)25(33-35)32-22-9-8-19(14-21(22)28)37-18-6-4-3-5-7-18/h2-9,14-17H,1,10-13H2,(H,32,33)(H,29,30,31). The van der Waals surface area contributed by atoms with Crippen LogP contribution in [0.15, 0.2) is 73.7 Å². The molecule has 37 heavy (non-hydrogen) atoms. The summed E-state index contributed by atoms with van der Waals surface area (Å²) in [5.74, 6) is 1.95. The highest BCUT2D eigenvalue weighted by molar-refractivity contribution is 6.33. The van der Waals surface area contributed by atoms with Crippen molar-refractivity contribution >= 4 is 51.1 Å². The number of hydrogen-bond acceptors (Lipinski definition) is 6. The first-order chi connectivity index (χ1) is 18.1. The number of benzene rings is 2. The molecule has 1 amide bonds. The molecule has 0 unspecified atom stereocenters. The highest BCUT2D eigenvalue weighted by Gasteiger charge is 2.26. The summed E-state index contributed by atoms with van der Waals surface area (Å²) >= 11 is 6.65. The maximum Gasteiger partial charge on any atom is 0.245 e. The number of hydrogen-bond donors (Lipinski definition) is 2. The average molecular weight is 514 g/mol. The molecule has 1 fully saturated rings. The summed E-state index contributed by atoms with van der Waals surface area (Å²) in [7, 11) is 0. The van der Waals surface area contributed by atoms with E-state index in [-0.39, 0.29) is 11.9 Å². The zero-order valence-corrected chi connectivity index (χ0v) is 20.7. The van der Waals surface area contributed by atoms with Gasteiger partial charge in [-0.05, 0) is 43.2 Å². The third-order valence-electron chi connectivity index (χ3n) is 6.59. The van der Waals surface area contributed by atoms with Crippen molar-refractivity contribution in [3.8, 4) is 11.5 Å². The molecule has 2 N–H and O–H groups in total. The fourth-order valence-electron chi connectivity index (χ4n) is 4.72. The van der Waals surface area contributed by atoms with Gasteiger partial charge in [0.05, 0.1) is 33.9 Å². The number of anilines is 2. The van der Waals surface area contributed by atoms with Crippen LogP contribution in [-0.2, 0) is 4.79 Å². The number of ether oxygens (including phenoxy) is 1. The molecule has 4 heterocycles. The summed E-state index contributed by atoms with van der Waals surface area (Å²) in [6, 6.07) is 15.1. The van der Waals surface area contributed by atoms with Crippen LogP contribution in [0.1, 0.15) is 18.9 Å². The highest BCUT2D eigenvalue weighted by Crippen LogP contribution is 2.36. The van der Waals surface area contributed by atoms with Crippen molar-refractivity contribution in [2.75, 3.05) is 18.4 Å². The van der Waals surface area contributed by atoms with Crippen LogP contribution < -0.4 is 10.1 Å². The fraction of sp³-hybridized carbons (Fsp3) is 0.185. The van der Waals surface area contributed by atoms with E-state index in [1.54, 1.807) is 18.6 Å². The fourth-order valence-corrected chi connectivity index (χ4v) is 4.94. The first-order valence-corrected chi connectivity index (χ1v) is 12.4. The first-order valence-electron chi connectivity index (χ1n) is 12.0. The van der Waals surface area contributed by atoms with Gasteiger partial charge in [0.25, 0.3) is 0 Å². The predicted octanol–water partition coefficient (Wildman–Crippen LogP) is 5.85. The quantitative estimate of drug-likeness (QED) is 0.276. The SMILES string of the molecule is C=CC(=O)N1CCC(n2nc(Nc3ccc(Oc4ccccc4)cc3Cl)c3cnc4[nH]cnc2c43)CC1. The molecular formula is C27H24ClN7O2. The minimum atomic E-state index is -0.0466. The molecule has 9 nitrogen and oxygen atoms in total. The molecule has 0 saturated carbocycles. The van der Waals surface area contributed by atoms with Crippen molar-refractivity contribution in [3.63, 3.8) is 0 Å². The summed E-state index contributed by atoms with van der Waals surface area (Å²) in [4.78, 5) is 26.1. The second-order valence-corrected chi connectivity index (χ2v) is 9.26. The Morgan fingerprint density at radius 3 is 2.70 bits per heavy atom. The third kappa shape index (κ3) is 4.38. The number of nitrogens with one attached hydrogen (secondary N) is 2. The zero-order valence-electron chi connectivity index (χ0n) is 19.9. The maximum absolute atomic E-state index is 12.1. The number of amides is 1. The molecule has 0 radical (unpaired) electrons. The lowest BCUT2D eigenvalue weighted by molar-refractivity contribution is -0.127. The first kappa shape index (κ1) is 23.1. The Morgan fingerprint density at radius 2 is 1.95 bits per heavy atom. The van der Waals surface area contributed by atoms with Crippen molar-refractivity contribution in [1.29, 1.82) is 0 Å². The van der Waals surface area contributed by atoms with Crippen molar-refractivity contribution in [2.45, 2.75) is 18.9 Å². The highest BCUT2D eigenvalue weighted by atomic mass is 35.5. The van der Waals surface area contributed by atoms with E-state index in [0.717, 1.165) is 40.7 Å². The smallest absolute Gasteiger partial charge is 0.245 e. The second-order valence-electron chi connectivity index (χ2n) is 8.86. The number of halogens is 1. The molecular weight excluding hydrogens is 490 g/mol.